The largest absolute Gasteiger partial charge is 0.486 e. The van der Waals surface area contributed by atoms with Crippen molar-refractivity contribution in [2.24, 2.45) is 0 Å². The predicted octanol–water partition coefficient (Wildman–Crippen LogP) is 3.91. The van der Waals surface area contributed by atoms with Crippen molar-refractivity contribution in [3.05, 3.63) is 66.0 Å². The molecule has 0 radical (unpaired) electrons. The summed E-state index contributed by atoms with van der Waals surface area (Å²) in [4.78, 5) is 8.57. The Morgan fingerprint density at radius 1 is 0.923 bits per heavy atom. The lowest BCUT2D eigenvalue weighted by Crippen LogP contribution is -2.15. The van der Waals surface area contributed by atoms with E-state index < -0.39 is 0 Å². The second-order valence-electron chi connectivity index (χ2n) is 6.05. The molecule has 3 aromatic rings. The Labute approximate surface area is 152 Å². The summed E-state index contributed by atoms with van der Waals surface area (Å²) in [6, 6.07) is 15.9. The number of anilines is 3. The first-order valence-electron chi connectivity index (χ1n) is 8.55. The van der Waals surface area contributed by atoms with E-state index in [4.69, 9.17) is 9.47 Å². The van der Waals surface area contributed by atoms with Gasteiger partial charge < -0.3 is 20.1 Å². The lowest BCUT2D eigenvalue weighted by Gasteiger charge is -2.19. The smallest absolute Gasteiger partial charge is 0.163 e. The maximum atomic E-state index is 5.61. The summed E-state index contributed by atoms with van der Waals surface area (Å²) in [5.41, 5.74) is 3.38. The summed E-state index contributed by atoms with van der Waals surface area (Å²) >= 11 is 0. The van der Waals surface area contributed by atoms with E-state index in [0.29, 0.717) is 25.6 Å². The molecule has 0 fully saturated rings. The Balaban J connectivity index is 1.45. The molecule has 1 aliphatic heterocycles. The molecule has 0 atom stereocenters. The highest BCUT2D eigenvalue weighted by Crippen LogP contribution is 2.33. The van der Waals surface area contributed by atoms with Crippen LogP contribution in [0.5, 0.6) is 11.5 Å². The molecule has 0 aliphatic carbocycles. The number of nitrogens with one attached hydrogen (secondary N) is 2. The molecular formula is C20H20N4O2. The van der Waals surface area contributed by atoms with Gasteiger partial charge in [-0.3, -0.25) is 0 Å². The van der Waals surface area contributed by atoms with Crippen LogP contribution in [0.3, 0.4) is 0 Å². The molecule has 2 heterocycles. The third kappa shape index (κ3) is 3.69. The second kappa shape index (κ2) is 7.31. The Hall–Kier alpha value is -3.28. The summed E-state index contributed by atoms with van der Waals surface area (Å²) in [5.74, 6) is 2.99. The van der Waals surface area contributed by atoms with E-state index >= 15 is 0 Å². The molecule has 6 nitrogen and oxygen atoms in total. The number of fused-ring (bicyclic) bond motifs is 1. The van der Waals surface area contributed by atoms with Crippen LogP contribution in [-0.4, -0.2) is 23.2 Å². The molecular weight excluding hydrogens is 328 g/mol. The van der Waals surface area contributed by atoms with E-state index in [1.807, 2.05) is 36.4 Å². The molecule has 0 amide bonds. The minimum atomic E-state index is 0.566. The number of benzene rings is 2. The Kier molecular flexibility index (Phi) is 4.55. The molecule has 6 heteroatoms. The van der Waals surface area contributed by atoms with E-state index in [2.05, 4.69) is 39.7 Å². The van der Waals surface area contributed by atoms with Crippen molar-refractivity contribution in [2.75, 3.05) is 23.8 Å². The van der Waals surface area contributed by atoms with Gasteiger partial charge in [0.1, 0.15) is 31.2 Å². The number of aromatic nitrogens is 2. The van der Waals surface area contributed by atoms with Crippen LogP contribution >= 0.6 is 0 Å². The standard InChI is InChI=1S/C20H20N4O2/c1-14-4-2-3-5-15(14)12-21-19-11-20(23-13-22-19)24-16-6-7-17-18(10-16)26-9-8-25-17/h2-7,10-11,13H,8-9,12H2,1H3,(H2,21,22,23,24). The Bertz CT molecular complexity index is 914. The number of hydrogen-bond donors (Lipinski definition) is 2. The van der Waals surface area contributed by atoms with Gasteiger partial charge in [-0.05, 0) is 30.2 Å². The average molecular weight is 348 g/mol. The minimum Gasteiger partial charge on any atom is -0.486 e. The highest BCUT2D eigenvalue weighted by Gasteiger charge is 2.12. The first-order valence-corrected chi connectivity index (χ1v) is 8.55. The molecule has 4 rings (SSSR count). The zero-order valence-corrected chi connectivity index (χ0v) is 14.5. The van der Waals surface area contributed by atoms with Crippen molar-refractivity contribution in [1.82, 2.24) is 9.97 Å². The van der Waals surface area contributed by atoms with E-state index in [0.717, 1.165) is 23.0 Å². The van der Waals surface area contributed by atoms with Crippen LogP contribution < -0.4 is 20.1 Å². The quantitative estimate of drug-likeness (QED) is 0.729. The second-order valence-corrected chi connectivity index (χ2v) is 6.05. The van der Waals surface area contributed by atoms with E-state index in [9.17, 15) is 0 Å². The van der Waals surface area contributed by atoms with Crippen molar-refractivity contribution < 1.29 is 9.47 Å². The van der Waals surface area contributed by atoms with Crippen molar-refractivity contribution in [3.8, 4) is 11.5 Å². The average Bonchev–Trinajstić information content (AvgIpc) is 2.68. The Morgan fingerprint density at radius 3 is 2.62 bits per heavy atom. The van der Waals surface area contributed by atoms with E-state index in [1.165, 1.54) is 11.1 Å². The molecule has 2 aromatic carbocycles. The molecule has 0 spiro atoms. The van der Waals surface area contributed by atoms with E-state index in [-0.39, 0.29) is 0 Å². The molecule has 2 N–H and O–H groups in total. The van der Waals surface area contributed by atoms with Crippen LogP contribution in [0.15, 0.2) is 54.9 Å². The van der Waals surface area contributed by atoms with E-state index in [1.54, 1.807) is 6.33 Å². The van der Waals surface area contributed by atoms with Gasteiger partial charge in [0, 0.05) is 24.4 Å². The van der Waals surface area contributed by atoms with Gasteiger partial charge in [0.2, 0.25) is 0 Å². The number of rotatable bonds is 5. The zero-order valence-electron chi connectivity index (χ0n) is 14.5. The van der Waals surface area contributed by atoms with Crippen LogP contribution in [0.2, 0.25) is 0 Å². The topological polar surface area (TPSA) is 68.3 Å². The highest BCUT2D eigenvalue weighted by atomic mass is 16.6. The molecule has 132 valence electrons. The molecule has 1 aromatic heterocycles. The number of ether oxygens (including phenoxy) is 2. The summed E-state index contributed by atoms with van der Waals surface area (Å²) in [6.07, 6.45) is 1.54. The summed E-state index contributed by atoms with van der Waals surface area (Å²) in [7, 11) is 0. The maximum absolute atomic E-state index is 5.61. The molecule has 0 saturated heterocycles. The maximum Gasteiger partial charge on any atom is 0.163 e. The van der Waals surface area contributed by atoms with Crippen molar-refractivity contribution in [2.45, 2.75) is 13.5 Å². The molecule has 1 aliphatic rings. The van der Waals surface area contributed by atoms with Gasteiger partial charge in [-0.25, -0.2) is 9.97 Å². The predicted molar refractivity (Wildman–Crippen MR) is 101 cm³/mol. The SMILES string of the molecule is Cc1ccccc1CNc1cc(Nc2ccc3c(c2)OCCO3)ncn1. The fraction of sp³-hybridized carbons (Fsp3) is 0.200. The van der Waals surface area contributed by atoms with Crippen LogP contribution in [0, 0.1) is 6.92 Å². The molecule has 0 saturated carbocycles. The van der Waals surface area contributed by atoms with Crippen molar-refractivity contribution in [1.29, 1.82) is 0 Å². The first-order chi connectivity index (χ1) is 12.8. The van der Waals surface area contributed by atoms with Gasteiger partial charge in [0.15, 0.2) is 11.5 Å². The van der Waals surface area contributed by atoms with Crippen LogP contribution in [0.4, 0.5) is 17.3 Å². The molecule has 0 bridgehead atoms. The lowest BCUT2D eigenvalue weighted by molar-refractivity contribution is 0.171. The van der Waals surface area contributed by atoms with Gasteiger partial charge in [-0.2, -0.15) is 0 Å². The fourth-order valence-corrected chi connectivity index (χ4v) is 2.79. The normalized spacial score (nSPS) is 12.5. The van der Waals surface area contributed by atoms with Crippen molar-refractivity contribution >= 4 is 17.3 Å². The summed E-state index contributed by atoms with van der Waals surface area (Å²) < 4.78 is 11.2. The third-order valence-corrected chi connectivity index (χ3v) is 4.20. The highest BCUT2D eigenvalue weighted by molar-refractivity contribution is 5.63. The molecule has 0 unspecified atom stereocenters. The monoisotopic (exact) mass is 348 g/mol. The first kappa shape index (κ1) is 16.2. The number of aryl methyl sites for hydroxylation is 1. The fourth-order valence-electron chi connectivity index (χ4n) is 2.79. The Morgan fingerprint density at radius 2 is 1.73 bits per heavy atom. The van der Waals surface area contributed by atoms with Gasteiger partial charge in [-0.15, -0.1) is 0 Å². The van der Waals surface area contributed by atoms with Gasteiger partial charge in [-0.1, -0.05) is 24.3 Å². The van der Waals surface area contributed by atoms with Gasteiger partial charge in [0.25, 0.3) is 0 Å². The van der Waals surface area contributed by atoms with Crippen LogP contribution in [0.25, 0.3) is 0 Å². The van der Waals surface area contributed by atoms with Gasteiger partial charge in [0.05, 0.1) is 0 Å². The van der Waals surface area contributed by atoms with Crippen LogP contribution in [0.1, 0.15) is 11.1 Å². The summed E-state index contributed by atoms with van der Waals surface area (Å²) in [6.45, 7) is 3.97. The van der Waals surface area contributed by atoms with Crippen molar-refractivity contribution in [3.63, 3.8) is 0 Å². The van der Waals surface area contributed by atoms with Gasteiger partial charge >= 0.3 is 0 Å². The minimum absolute atomic E-state index is 0.566. The lowest BCUT2D eigenvalue weighted by atomic mass is 10.1. The summed E-state index contributed by atoms with van der Waals surface area (Å²) in [5, 5.41) is 6.62. The van der Waals surface area contributed by atoms with Crippen LogP contribution in [-0.2, 0) is 6.54 Å². The number of hydrogen-bond acceptors (Lipinski definition) is 6. The number of nitrogens with zero attached hydrogens (tertiary/aromatic N) is 2. The zero-order chi connectivity index (χ0) is 17.8. The molecule has 26 heavy (non-hydrogen) atoms. The third-order valence-electron chi connectivity index (χ3n) is 4.20.